The van der Waals surface area contributed by atoms with Gasteiger partial charge in [-0.05, 0) is 45.2 Å². The van der Waals surface area contributed by atoms with Gasteiger partial charge in [-0.1, -0.05) is 0 Å². The van der Waals surface area contributed by atoms with Crippen molar-refractivity contribution in [3.63, 3.8) is 0 Å². The summed E-state index contributed by atoms with van der Waals surface area (Å²) in [5.41, 5.74) is 0. The molecule has 0 radical (unpaired) electrons. The van der Waals surface area contributed by atoms with Crippen LogP contribution in [0.5, 0.6) is 0 Å². The van der Waals surface area contributed by atoms with Crippen molar-refractivity contribution in [1.29, 1.82) is 0 Å². The molecule has 6 heteroatoms. The van der Waals surface area contributed by atoms with Crippen molar-refractivity contribution >= 4 is 11.9 Å². The van der Waals surface area contributed by atoms with Gasteiger partial charge in [0, 0.05) is 12.1 Å². The van der Waals surface area contributed by atoms with E-state index in [1.165, 1.54) is 0 Å². The lowest BCUT2D eigenvalue weighted by Gasteiger charge is -2.26. The molecule has 2 N–H and O–H groups in total. The summed E-state index contributed by atoms with van der Waals surface area (Å²) < 4.78 is 0. The lowest BCUT2D eigenvalue weighted by Crippen LogP contribution is -2.44. The third-order valence-electron chi connectivity index (χ3n) is 4.73. The van der Waals surface area contributed by atoms with Crippen LogP contribution >= 0.6 is 0 Å². The molecule has 0 spiro atoms. The van der Waals surface area contributed by atoms with E-state index in [1.54, 1.807) is 0 Å². The number of nitrogens with zero attached hydrogens (tertiary/aromatic N) is 2. The number of carboxylic acids is 2. The van der Waals surface area contributed by atoms with Crippen molar-refractivity contribution < 1.29 is 19.8 Å². The normalized spacial score (nSPS) is 39.6. The van der Waals surface area contributed by atoms with E-state index in [1.807, 2.05) is 0 Å². The van der Waals surface area contributed by atoms with Crippen molar-refractivity contribution in [2.45, 2.75) is 56.3 Å². The first-order valence-corrected chi connectivity index (χ1v) is 7.06. The van der Waals surface area contributed by atoms with Gasteiger partial charge < -0.3 is 10.2 Å². The van der Waals surface area contributed by atoms with Crippen LogP contribution in [0, 0.1) is 0 Å². The second-order valence-corrected chi connectivity index (χ2v) is 5.84. The Morgan fingerprint density at radius 3 is 1.63 bits per heavy atom. The smallest absolute Gasteiger partial charge is 0.320 e. The van der Waals surface area contributed by atoms with E-state index >= 15 is 0 Å². The number of hydrogen-bond donors (Lipinski definition) is 2. The van der Waals surface area contributed by atoms with Gasteiger partial charge in [-0.25, -0.2) is 0 Å². The number of hydrogen-bond acceptors (Lipinski definition) is 4. The largest absolute Gasteiger partial charge is 0.480 e. The molecule has 4 unspecified atom stereocenters. The summed E-state index contributed by atoms with van der Waals surface area (Å²) in [7, 11) is 0. The Morgan fingerprint density at radius 2 is 1.26 bits per heavy atom. The fourth-order valence-corrected chi connectivity index (χ4v) is 3.78. The van der Waals surface area contributed by atoms with Crippen LogP contribution in [0.3, 0.4) is 0 Å². The summed E-state index contributed by atoms with van der Waals surface area (Å²) in [6.07, 6.45) is 4.24. The molecule has 1 aliphatic carbocycles. The molecule has 4 atom stereocenters. The maximum absolute atomic E-state index is 11.2. The Labute approximate surface area is 112 Å². The average molecular weight is 268 g/mol. The molecular weight excluding hydrogens is 248 g/mol. The van der Waals surface area contributed by atoms with Gasteiger partial charge in [0.25, 0.3) is 0 Å². The van der Waals surface area contributed by atoms with Crippen LogP contribution in [0.25, 0.3) is 0 Å². The third kappa shape index (κ3) is 2.23. The highest BCUT2D eigenvalue weighted by Gasteiger charge is 2.53. The van der Waals surface area contributed by atoms with Crippen molar-refractivity contribution in [2.24, 2.45) is 0 Å². The minimum absolute atomic E-state index is 0.253. The molecule has 2 heterocycles. The topological polar surface area (TPSA) is 81.1 Å². The minimum Gasteiger partial charge on any atom is -0.480 e. The molecule has 19 heavy (non-hydrogen) atoms. The molecule has 3 fully saturated rings. The molecule has 2 aliphatic heterocycles. The van der Waals surface area contributed by atoms with E-state index in [9.17, 15) is 19.8 Å². The Balaban J connectivity index is 1.64. The summed E-state index contributed by atoms with van der Waals surface area (Å²) in [4.78, 5) is 26.5. The first-order chi connectivity index (χ1) is 9.09. The van der Waals surface area contributed by atoms with Gasteiger partial charge in [-0.15, -0.1) is 0 Å². The van der Waals surface area contributed by atoms with Crippen LogP contribution in [0.4, 0.5) is 0 Å². The zero-order chi connectivity index (χ0) is 13.6. The van der Waals surface area contributed by atoms with E-state index in [0.717, 1.165) is 45.2 Å². The molecule has 0 aromatic rings. The second-order valence-electron chi connectivity index (χ2n) is 5.84. The number of carboxylic acid groups (broad SMARTS) is 2. The van der Waals surface area contributed by atoms with Gasteiger partial charge in [0.2, 0.25) is 0 Å². The lowest BCUT2D eigenvalue weighted by molar-refractivity contribution is -0.144. The summed E-state index contributed by atoms with van der Waals surface area (Å²) in [6, 6.07) is -0.214. The summed E-state index contributed by atoms with van der Waals surface area (Å²) in [5.74, 6) is -1.47. The molecule has 0 aromatic carbocycles. The van der Waals surface area contributed by atoms with Crippen molar-refractivity contribution in [2.75, 3.05) is 13.1 Å². The molecule has 2 saturated heterocycles. The summed E-state index contributed by atoms with van der Waals surface area (Å²) >= 11 is 0. The van der Waals surface area contributed by atoms with Gasteiger partial charge >= 0.3 is 11.9 Å². The monoisotopic (exact) mass is 268 g/mol. The highest BCUT2D eigenvalue weighted by atomic mass is 16.4. The molecule has 106 valence electrons. The zero-order valence-electron chi connectivity index (χ0n) is 10.9. The standard InChI is InChI=1S/C13H20N2O4/c16-12(17)8-3-1-5-14(8)10-7-11(10)15-6-2-4-9(15)13(18)19/h8-11H,1-7H2,(H,16,17)(H,18,19). The van der Waals surface area contributed by atoms with E-state index in [4.69, 9.17) is 0 Å². The maximum Gasteiger partial charge on any atom is 0.320 e. The number of aliphatic carboxylic acids is 2. The van der Waals surface area contributed by atoms with E-state index in [-0.39, 0.29) is 24.2 Å². The average Bonchev–Trinajstić information content (AvgIpc) is 2.83. The van der Waals surface area contributed by atoms with Gasteiger partial charge in [0.05, 0.1) is 0 Å². The van der Waals surface area contributed by atoms with Crippen LogP contribution in [0.1, 0.15) is 32.1 Å². The quantitative estimate of drug-likeness (QED) is 0.759. The van der Waals surface area contributed by atoms with E-state index in [0.29, 0.717) is 0 Å². The summed E-state index contributed by atoms with van der Waals surface area (Å²) in [6.45, 7) is 1.67. The van der Waals surface area contributed by atoms with Gasteiger partial charge in [0.15, 0.2) is 0 Å². The highest BCUT2D eigenvalue weighted by molar-refractivity contribution is 5.74. The van der Waals surface area contributed by atoms with Gasteiger partial charge in [-0.2, -0.15) is 0 Å². The Bertz CT molecular complexity index is 364. The third-order valence-corrected chi connectivity index (χ3v) is 4.73. The van der Waals surface area contributed by atoms with Crippen LogP contribution in [-0.2, 0) is 9.59 Å². The zero-order valence-corrected chi connectivity index (χ0v) is 10.9. The van der Waals surface area contributed by atoms with Crippen LogP contribution in [-0.4, -0.2) is 69.2 Å². The van der Waals surface area contributed by atoms with Crippen LogP contribution in [0.2, 0.25) is 0 Å². The molecule has 6 nitrogen and oxygen atoms in total. The molecule has 0 aromatic heterocycles. The molecule has 3 rings (SSSR count). The number of likely N-dealkylation sites (tertiary alicyclic amines) is 2. The Hall–Kier alpha value is -1.14. The minimum atomic E-state index is -0.737. The predicted octanol–water partition coefficient (Wildman–Crippen LogP) is 0.225. The van der Waals surface area contributed by atoms with E-state index in [2.05, 4.69) is 9.80 Å². The molecule has 1 saturated carbocycles. The molecular formula is C13H20N2O4. The van der Waals surface area contributed by atoms with Crippen molar-refractivity contribution in [3.05, 3.63) is 0 Å². The van der Waals surface area contributed by atoms with Gasteiger partial charge in [-0.3, -0.25) is 19.4 Å². The second kappa shape index (κ2) is 4.76. The summed E-state index contributed by atoms with van der Waals surface area (Å²) in [5, 5.41) is 18.4. The lowest BCUT2D eigenvalue weighted by atomic mass is 10.2. The maximum atomic E-state index is 11.2. The van der Waals surface area contributed by atoms with Crippen LogP contribution < -0.4 is 0 Å². The first kappa shape index (κ1) is 12.9. The Kier molecular flexibility index (Phi) is 3.22. The molecule has 0 amide bonds. The van der Waals surface area contributed by atoms with E-state index < -0.39 is 11.9 Å². The first-order valence-electron chi connectivity index (χ1n) is 7.06. The molecule has 3 aliphatic rings. The van der Waals surface area contributed by atoms with Crippen molar-refractivity contribution in [3.8, 4) is 0 Å². The fraction of sp³-hybridized carbons (Fsp3) is 0.846. The molecule has 0 bridgehead atoms. The Morgan fingerprint density at radius 1 is 0.842 bits per heavy atom. The van der Waals surface area contributed by atoms with Crippen LogP contribution in [0.15, 0.2) is 0 Å². The fourth-order valence-electron chi connectivity index (χ4n) is 3.78. The van der Waals surface area contributed by atoms with Crippen molar-refractivity contribution in [1.82, 2.24) is 9.80 Å². The number of carbonyl (C=O) groups is 2. The number of rotatable bonds is 4. The van der Waals surface area contributed by atoms with Gasteiger partial charge in [0.1, 0.15) is 12.1 Å². The SMILES string of the molecule is O=C(O)C1CCCN1C1CC1N1CCCC1C(=O)O. The highest BCUT2D eigenvalue weighted by Crippen LogP contribution is 2.40. The predicted molar refractivity (Wildman–Crippen MR) is 66.9 cm³/mol.